The van der Waals surface area contributed by atoms with E-state index in [0.29, 0.717) is 17.8 Å². The van der Waals surface area contributed by atoms with Crippen molar-refractivity contribution in [1.82, 2.24) is 0 Å². The van der Waals surface area contributed by atoms with Crippen LogP contribution in [0.1, 0.15) is 84.0 Å². The van der Waals surface area contributed by atoms with Crippen molar-refractivity contribution in [3.8, 4) is 22.3 Å². The molecule has 0 N–H and O–H groups in total. The van der Waals surface area contributed by atoms with Crippen molar-refractivity contribution in [2.75, 3.05) is 11.4 Å². The van der Waals surface area contributed by atoms with Gasteiger partial charge in [0.05, 0.1) is 0 Å². The van der Waals surface area contributed by atoms with E-state index in [0.717, 1.165) is 6.54 Å². The van der Waals surface area contributed by atoms with Crippen LogP contribution in [-0.4, -0.2) is 6.54 Å². The number of hydrogen-bond acceptors (Lipinski definition) is 1. The molecule has 1 saturated carbocycles. The maximum Gasteiger partial charge on any atom is 0.0491 e. The molecule has 1 fully saturated rings. The molecule has 0 bridgehead atoms. The first-order valence-corrected chi connectivity index (χ1v) is 20.3. The number of fused-ring (bicyclic) bond motifs is 9. The monoisotopic (exact) mass is 709 g/mol. The second kappa shape index (κ2) is 14.1. The van der Waals surface area contributed by atoms with E-state index in [1.807, 2.05) is 0 Å². The highest BCUT2D eigenvalue weighted by atomic mass is 15.1. The maximum atomic E-state index is 2.59. The lowest BCUT2D eigenvalue weighted by Crippen LogP contribution is -2.23. The van der Waals surface area contributed by atoms with Gasteiger partial charge in [-0.15, -0.1) is 0 Å². The van der Waals surface area contributed by atoms with Gasteiger partial charge in [-0.1, -0.05) is 166 Å². The topological polar surface area (TPSA) is 3.24 Å². The SMILES string of the molecule is CC(C)CN1c2ccc(C=C3c4ccccc4C=Cc4ccccc43)cc2-c2ccccc2-c2cc(/C=C3/c4ccccc4C=CC4CCCCC34)ccc21. The third kappa shape index (κ3) is 6.13. The molecule has 0 spiro atoms. The van der Waals surface area contributed by atoms with Crippen molar-refractivity contribution in [2.45, 2.75) is 39.5 Å². The van der Waals surface area contributed by atoms with Gasteiger partial charge in [0.15, 0.2) is 0 Å². The van der Waals surface area contributed by atoms with Crippen LogP contribution in [0.25, 0.3) is 63.8 Å². The van der Waals surface area contributed by atoms with Gasteiger partial charge in [-0.05, 0) is 128 Å². The molecule has 2 atom stereocenters. The highest BCUT2D eigenvalue weighted by molar-refractivity contribution is 6.03. The fourth-order valence-corrected chi connectivity index (χ4v) is 9.73. The van der Waals surface area contributed by atoms with Gasteiger partial charge >= 0.3 is 0 Å². The lowest BCUT2D eigenvalue weighted by atomic mass is 9.73. The highest BCUT2D eigenvalue weighted by Crippen LogP contribution is 2.50. The van der Waals surface area contributed by atoms with E-state index in [-0.39, 0.29) is 0 Å². The van der Waals surface area contributed by atoms with Crippen LogP contribution in [0, 0.1) is 17.8 Å². The van der Waals surface area contributed by atoms with Gasteiger partial charge in [-0.25, -0.2) is 0 Å². The van der Waals surface area contributed by atoms with Crippen molar-refractivity contribution in [2.24, 2.45) is 17.8 Å². The van der Waals surface area contributed by atoms with Gasteiger partial charge in [0.1, 0.15) is 0 Å². The number of anilines is 2. The summed E-state index contributed by atoms with van der Waals surface area (Å²) >= 11 is 0. The average molecular weight is 710 g/mol. The zero-order chi connectivity index (χ0) is 36.9. The Kier molecular flexibility index (Phi) is 8.59. The van der Waals surface area contributed by atoms with E-state index >= 15 is 0 Å². The van der Waals surface area contributed by atoms with E-state index < -0.39 is 0 Å². The predicted octanol–water partition coefficient (Wildman–Crippen LogP) is 14.6. The van der Waals surface area contributed by atoms with Gasteiger partial charge in [0.25, 0.3) is 0 Å². The molecule has 1 heteroatoms. The quantitative estimate of drug-likeness (QED) is 0.176. The van der Waals surface area contributed by atoms with Gasteiger partial charge in [-0.2, -0.15) is 0 Å². The molecule has 2 unspecified atom stereocenters. The molecule has 0 radical (unpaired) electrons. The van der Waals surface area contributed by atoms with Crippen LogP contribution in [0.2, 0.25) is 0 Å². The lowest BCUT2D eigenvalue weighted by Gasteiger charge is -2.31. The molecule has 0 aromatic heterocycles. The van der Waals surface area contributed by atoms with Crippen LogP contribution >= 0.6 is 0 Å². The number of benzene rings is 6. The van der Waals surface area contributed by atoms with Crippen LogP contribution in [0.3, 0.4) is 0 Å². The summed E-state index contributed by atoms with van der Waals surface area (Å²) in [6, 6.07) is 50.1. The molecular formula is C54H47N. The minimum absolute atomic E-state index is 0.482. The first-order chi connectivity index (χ1) is 27.1. The molecule has 1 nitrogen and oxygen atoms in total. The summed E-state index contributed by atoms with van der Waals surface area (Å²) < 4.78 is 0. The molecule has 6 aromatic rings. The summed E-state index contributed by atoms with van der Waals surface area (Å²) in [6.45, 7) is 5.61. The van der Waals surface area contributed by atoms with Crippen molar-refractivity contribution < 1.29 is 0 Å². The van der Waals surface area contributed by atoms with Gasteiger partial charge in [0, 0.05) is 29.0 Å². The summed E-state index contributed by atoms with van der Waals surface area (Å²) in [5.41, 5.74) is 20.7. The molecule has 10 rings (SSSR count). The van der Waals surface area contributed by atoms with Crippen LogP contribution in [0.15, 0.2) is 140 Å². The number of rotatable bonds is 4. The summed E-state index contributed by atoms with van der Waals surface area (Å²) in [4.78, 5) is 2.59. The van der Waals surface area contributed by atoms with E-state index in [1.165, 1.54) is 115 Å². The third-order valence-corrected chi connectivity index (χ3v) is 12.3. The summed E-state index contributed by atoms with van der Waals surface area (Å²) in [7, 11) is 0. The first-order valence-electron chi connectivity index (χ1n) is 20.3. The third-order valence-electron chi connectivity index (χ3n) is 12.3. The minimum atomic E-state index is 0.482. The van der Waals surface area contributed by atoms with Crippen LogP contribution in [-0.2, 0) is 0 Å². The van der Waals surface area contributed by atoms with Crippen molar-refractivity contribution in [1.29, 1.82) is 0 Å². The number of hydrogen-bond donors (Lipinski definition) is 0. The standard InChI is InChI=1S/C54H47N/c1-36(2)35-55-53-29-23-37(31-49-43-17-7-3-13-39(43)25-26-40-14-4-8-18-44(40)49)33-51(53)47-21-11-12-22-48(47)52-34-38(24-30-54(52)55)32-50-45-19-9-5-15-41(45)27-28-42-16-6-10-20-46(42)50/h3-5,7-9,11-15,17-19,21-34,36,42,46H,6,10,16,20,35H2,1-2H3/b50-32-. The Morgan fingerprint density at radius 2 is 1.04 bits per heavy atom. The second-order valence-corrected chi connectivity index (χ2v) is 16.3. The normalized spacial score (nSPS) is 18.5. The highest BCUT2D eigenvalue weighted by Gasteiger charge is 2.31. The van der Waals surface area contributed by atoms with E-state index in [4.69, 9.17) is 0 Å². The Labute approximate surface area is 326 Å². The summed E-state index contributed by atoms with van der Waals surface area (Å²) in [6.07, 6.45) is 19.5. The summed E-state index contributed by atoms with van der Waals surface area (Å²) in [5, 5.41) is 0. The van der Waals surface area contributed by atoms with E-state index in [2.05, 4.69) is 189 Å². The second-order valence-electron chi connectivity index (χ2n) is 16.3. The number of allylic oxidation sites excluding steroid dienone is 2. The smallest absolute Gasteiger partial charge is 0.0491 e. The van der Waals surface area contributed by atoms with Crippen molar-refractivity contribution in [3.05, 3.63) is 184 Å². The predicted molar refractivity (Wildman–Crippen MR) is 237 cm³/mol. The molecule has 268 valence electrons. The van der Waals surface area contributed by atoms with Crippen LogP contribution in [0.4, 0.5) is 11.4 Å². The van der Waals surface area contributed by atoms with Gasteiger partial charge < -0.3 is 4.90 Å². The molecule has 1 heterocycles. The fourth-order valence-electron chi connectivity index (χ4n) is 9.73. The van der Waals surface area contributed by atoms with E-state index in [9.17, 15) is 0 Å². The molecule has 6 aromatic carbocycles. The largest absolute Gasteiger partial charge is 0.340 e. The summed E-state index contributed by atoms with van der Waals surface area (Å²) in [5.74, 6) is 1.64. The molecule has 3 aliphatic carbocycles. The van der Waals surface area contributed by atoms with Crippen LogP contribution in [0.5, 0.6) is 0 Å². The maximum absolute atomic E-state index is 2.59. The van der Waals surface area contributed by atoms with Gasteiger partial charge in [0.2, 0.25) is 0 Å². The molecule has 55 heavy (non-hydrogen) atoms. The zero-order valence-corrected chi connectivity index (χ0v) is 31.9. The first kappa shape index (κ1) is 33.6. The molecule has 0 amide bonds. The van der Waals surface area contributed by atoms with Crippen LogP contribution < -0.4 is 4.90 Å². The molecular weight excluding hydrogens is 663 g/mol. The Morgan fingerprint density at radius 3 is 1.64 bits per heavy atom. The molecule has 1 aliphatic heterocycles. The lowest BCUT2D eigenvalue weighted by molar-refractivity contribution is 0.349. The number of nitrogens with zero attached hydrogens (tertiary/aromatic N) is 1. The Morgan fingerprint density at radius 1 is 0.527 bits per heavy atom. The molecule has 0 saturated heterocycles. The average Bonchev–Trinajstić information content (AvgIpc) is 3.53. The zero-order valence-electron chi connectivity index (χ0n) is 31.9. The van der Waals surface area contributed by atoms with Gasteiger partial charge in [-0.3, -0.25) is 0 Å². The minimum Gasteiger partial charge on any atom is -0.340 e. The van der Waals surface area contributed by atoms with E-state index in [1.54, 1.807) is 0 Å². The van der Waals surface area contributed by atoms with Crippen molar-refractivity contribution >= 4 is 52.9 Å². The Balaban J connectivity index is 1.14. The fraction of sp³-hybridized carbons (Fsp3) is 0.185. The Bertz CT molecular complexity index is 2520. The Hall–Kier alpha value is -5.92. The van der Waals surface area contributed by atoms with Crippen molar-refractivity contribution in [3.63, 3.8) is 0 Å². The molecule has 4 aliphatic rings.